The van der Waals surface area contributed by atoms with Gasteiger partial charge in [-0.2, -0.15) is 0 Å². The van der Waals surface area contributed by atoms with Crippen LogP contribution in [-0.2, 0) is 6.54 Å². The third-order valence-corrected chi connectivity index (χ3v) is 3.51. The SMILES string of the molecule is CN(C)C(C)(C)Cn1nnc2cccc(C(=O)O)c21. The number of hydrogen-bond acceptors (Lipinski definition) is 4. The minimum Gasteiger partial charge on any atom is -0.478 e. The van der Waals surface area contributed by atoms with E-state index in [9.17, 15) is 9.90 Å². The molecule has 1 N–H and O–H groups in total. The molecule has 1 heterocycles. The van der Waals surface area contributed by atoms with E-state index in [0.717, 1.165) is 0 Å². The molecular formula is C13H18N4O2. The molecule has 0 saturated carbocycles. The van der Waals surface area contributed by atoms with Gasteiger partial charge in [-0.15, -0.1) is 5.10 Å². The second-order valence-corrected chi connectivity index (χ2v) is 5.43. The molecule has 1 aromatic carbocycles. The Morgan fingerprint density at radius 1 is 1.42 bits per heavy atom. The molecule has 19 heavy (non-hydrogen) atoms. The lowest BCUT2D eigenvalue weighted by Gasteiger charge is -2.32. The monoisotopic (exact) mass is 262 g/mol. The summed E-state index contributed by atoms with van der Waals surface area (Å²) in [6, 6.07) is 5.03. The molecule has 0 atom stereocenters. The Hall–Kier alpha value is -1.95. The van der Waals surface area contributed by atoms with Gasteiger partial charge in [0.15, 0.2) is 0 Å². The highest BCUT2D eigenvalue weighted by atomic mass is 16.4. The fraction of sp³-hybridized carbons (Fsp3) is 0.462. The fourth-order valence-electron chi connectivity index (χ4n) is 1.82. The average Bonchev–Trinajstić information content (AvgIpc) is 2.71. The van der Waals surface area contributed by atoms with Crippen LogP contribution in [0.5, 0.6) is 0 Å². The van der Waals surface area contributed by atoms with E-state index in [1.807, 2.05) is 14.1 Å². The summed E-state index contributed by atoms with van der Waals surface area (Å²) in [5.74, 6) is -0.961. The van der Waals surface area contributed by atoms with Crippen molar-refractivity contribution in [1.82, 2.24) is 19.9 Å². The zero-order valence-corrected chi connectivity index (χ0v) is 11.6. The number of aromatic nitrogens is 3. The highest BCUT2D eigenvalue weighted by Gasteiger charge is 2.24. The predicted octanol–water partition coefficient (Wildman–Crippen LogP) is 1.47. The second kappa shape index (κ2) is 4.62. The molecule has 0 radical (unpaired) electrons. The lowest BCUT2D eigenvalue weighted by Crippen LogP contribution is -2.42. The predicted molar refractivity (Wildman–Crippen MR) is 72.3 cm³/mol. The molecule has 0 aliphatic carbocycles. The number of para-hydroxylation sites is 1. The van der Waals surface area contributed by atoms with Crippen molar-refractivity contribution in [2.24, 2.45) is 0 Å². The van der Waals surface area contributed by atoms with Crippen molar-refractivity contribution in [3.63, 3.8) is 0 Å². The van der Waals surface area contributed by atoms with Crippen LogP contribution < -0.4 is 0 Å². The minimum atomic E-state index is -0.961. The molecule has 2 rings (SSSR count). The first-order valence-corrected chi connectivity index (χ1v) is 6.06. The van der Waals surface area contributed by atoms with Gasteiger partial charge in [-0.05, 0) is 40.1 Å². The fourth-order valence-corrected chi connectivity index (χ4v) is 1.82. The number of fused-ring (bicyclic) bond motifs is 1. The normalized spacial score (nSPS) is 12.3. The van der Waals surface area contributed by atoms with Crippen LogP contribution in [0.3, 0.4) is 0 Å². The van der Waals surface area contributed by atoms with Crippen LogP contribution in [0.2, 0.25) is 0 Å². The quantitative estimate of drug-likeness (QED) is 0.903. The molecule has 0 amide bonds. The molecule has 6 nitrogen and oxygen atoms in total. The zero-order valence-electron chi connectivity index (χ0n) is 11.6. The van der Waals surface area contributed by atoms with Gasteiger partial charge in [0.2, 0.25) is 0 Å². The van der Waals surface area contributed by atoms with Gasteiger partial charge in [-0.3, -0.25) is 0 Å². The molecule has 0 aliphatic heterocycles. The number of hydrogen-bond donors (Lipinski definition) is 1. The van der Waals surface area contributed by atoms with Crippen LogP contribution in [0.25, 0.3) is 11.0 Å². The summed E-state index contributed by atoms with van der Waals surface area (Å²) in [4.78, 5) is 13.4. The van der Waals surface area contributed by atoms with E-state index in [0.29, 0.717) is 17.6 Å². The number of nitrogens with zero attached hydrogens (tertiary/aromatic N) is 4. The first-order chi connectivity index (χ1) is 8.83. The highest BCUT2D eigenvalue weighted by Crippen LogP contribution is 2.20. The summed E-state index contributed by atoms with van der Waals surface area (Å²) < 4.78 is 1.67. The molecule has 0 spiro atoms. The van der Waals surface area contributed by atoms with Crippen LogP contribution in [0.1, 0.15) is 24.2 Å². The number of likely N-dealkylation sites (N-methyl/N-ethyl adjacent to an activating group) is 1. The van der Waals surface area contributed by atoms with Gasteiger partial charge in [0.25, 0.3) is 0 Å². The zero-order chi connectivity index (χ0) is 14.2. The molecule has 0 fully saturated rings. The van der Waals surface area contributed by atoms with Gasteiger partial charge in [0.05, 0.1) is 12.1 Å². The maximum absolute atomic E-state index is 11.3. The summed E-state index contributed by atoms with van der Waals surface area (Å²) in [6.07, 6.45) is 0. The molecule has 6 heteroatoms. The van der Waals surface area contributed by atoms with Gasteiger partial charge < -0.3 is 10.0 Å². The first-order valence-electron chi connectivity index (χ1n) is 6.06. The van der Waals surface area contributed by atoms with Crippen LogP contribution in [0, 0.1) is 0 Å². The molecule has 1 aromatic heterocycles. The Labute approximate surface area is 111 Å². The smallest absolute Gasteiger partial charge is 0.337 e. The summed E-state index contributed by atoms with van der Waals surface area (Å²) in [5, 5.41) is 17.4. The number of carboxylic acids is 1. The number of benzene rings is 1. The van der Waals surface area contributed by atoms with Crippen LogP contribution >= 0.6 is 0 Å². The van der Waals surface area contributed by atoms with Crippen molar-refractivity contribution in [3.8, 4) is 0 Å². The number of aromatic carboxylic acids is 1. The van der Waals surface area contributed by atoms with E-state index < -0.39 is 5.97 Å². The van der Waals surface area contributed by atoms with Gasteiger partial charge in [0.1, 0.15) is 11.0 Å². The van der Waals surface area contributed by atoms with Crippen LogP contribution in [0.4, 0.5) is 0 Å². The van der Waals surface area contributed by atoms with E-state index in [1.165, 1.54) is 0 Å². The maximum atomic E-state index is 11.3. The van der Waals surface area contributed by atoms with Crippen LogP contribution in [0.15, 0.2) is 18.2 Å². The van der Waals surface area contributed by atoms with Crippen LogP contribution in [-0.4, -0.2) is 50.6 Å². The Kier molecular flexibility index (Phi) is 3.28. The topological polar surface area (TPSA) is 71.2 Å². The summed E-state index contributed by atoms with van der Waals surface area (Å²) >= 11 is 0. The minimum absolute atomic E-state index is 0.147. The van der Waals surface area contributed by atoms with E-state index in [2.05, 4.69) is 29.1 Å². The Morgan fingerprint density at radius 2 is 2.11 bits per heavy atom. The van der Waals surface area contributed by atoms with E-state index >= 15 is 0 Å². The van der Waals surface area contributed by atoms with Crippen molar-refractivity contribution in [3.05, 3.63) is 23.8 Å². The summed E-state index contributed by atoms with van der Waals surface area (Å²) in [5.41, 5.74) is 1.27. The average molecular weight is 262 g/mol. The lowest BCUT2D eigenvalue weighted by atomic mass is 10.0. The Balaban J connectivity index is 2.53. The molecule has 102 valence electrons. The third-order valence-electron chi connectivity index (χ3n) is 3.51. The number of carbonyl (C=O) groups is 1. The van der Waals surface area contributed by atoms with Gasteiger partial charge in [-0.25, -0.2) is 9.48 Å². The molecule has 0 bridgehead atoms. The van der Waals surface area contributed by atoms with Crippen molar-refractivity contribution in [2.75, 3.05) is 14.1 Å². The van der Waals surface area contributed by atoms with E-state index in [-0.39, 0.29) is 11.1 Å². The van der Waals surface area contributed by atoms with Crippen molar-refractivity contribution < 1.29 is 9.90 Å². The van der Waals surface area contributed by atoms with E-state index in [1.54, 1.807) is 22.9 Å². The standard InChI is InChI=1S/C13H18N4O2/c1-13(2,16(3)4)8-17-11-9(12(18)19)6-5-7-10(11)14-15-17/h5-7H,8H2,1-4H3,(H,18,19). The first kappa shape index (κ1) is 13.5. The third kappa shape index (κ3) is 2.44. The Bertz CT molecular complexity index is 616. The molecular weight excluding hydrogens is 244 g/mol. The van der Waals surface area contributed by atoms with Gasteiger partial charge in [-0.1, -0.05) is 11.3 Å². The maximum Gasteiger partial charge on any atom is 0.337 e. The van der Waals surface area contributed by atoms with Gasteiger partial charge >= 0.3 is 5.97 Å². The van der Waals surface area contributed by atoms with Crippen molar-refractivity contribution in [1.29, 1.82) is 0 Å². The lowest BCUT2D eigenvalue weighted by molar-refractivity contribution is 0.0698. The summed E-state index contributed by atoms with van der Waals surface area (Å²) in [6.45, 7) is 4.72. The van der Waals surface area contributed by atoms with Crippen molar-refractivity contribution >= 4 is 17.0 Å². The van der Waals surface area contributed by atoms with Crippen molar-refractivity contribution in [2.45, 2.75) is 25.9 Å². The van der Waals surface area contributed by atoms with Gasteiger partial charge in [0, 0.05) is 5.54 Å². The second-order valence-electron chi connectivity index (χ2n) is 5.43. The largest absolute Gasteiger partial charge is 0.478 e. The Morgan fingerprint density at radius 3 is 2.68 bits per heavy atom. The number of rotatable bonds is 4. The summed E-state index contributed by atoms with van der Waals surface area (Å²) in [7, 11) is 3.97. The molecule has 0 saturated heterocycles. The number of carboxylic acid groups (broad SMARTS) is 1. The molecule has 0 unspecified atom stereocenters. The van der Waals surface area contributed by atoms with E-state index in [4.69, 9.17) is 0 Å². The molecule has 2 aromatic rings. The highest BCUT2D eigenvalue weighted by molar-refractivity contribution is 6.00. The molecule has 0 aliphatic rings.